The molecular weight excluding hydrogens is 255 g/mol. The summed E-state index contributed by atoms with van der Waals surface area (Å²) in [4.78, 5) is 4.33. The van der Waals surface area contributed by atoms with Gasteiger partial charge in [0, 0.05) is 18.9 Å². The molecule has 3 aromatic rings. The van der Waals surface area contributed by atoms with E-state index in [-0.39, 0.29) is 5.82 Å². The minimum absolute atomic E-state index is 0.180. The van der Waals surface area contributed by atoms with Crippen molar-refractivity contribution >= 4 is 11.3 Å². The summed E-state index contributed by atoms with van der Waals surface area (Å²) < 4.78 is 15.0. The Morgan fingerprint density at radius 2 is 2.10 bits per heavy atom. The van der Waals surface area contributed by atoms with Gasteiger partial charge in [0.05, 0.1) is 5.69 Å². The van der Waals surface area contributed by atoms with Crippen LogP contribution in [0.3, 0.4) is 0 Å². The number of fused-ring (bicyclic) bond motifs is 1. The van der Waals surface area contributed by atoms with Gasteiger partial charge in [0.25, 0.3) is 0 Å². The number of hydrogen-bond acceptors (Lipinski definition) is 3. The first-order valence-corrected chi connectivity index (χ1v) is 6.43. The zero-order chi connectivity index (χ0) is 14.1. The van der Waals surface area contributed by atoms with E-state index >= 15 is 0 Å². The molecule has 20 heavy (non-hydrogen) atoms. The normalized spacial score (nSPS) is 10.9. The molecule has 0 aliphatic heterocycles. The minimum Gasteiger partial charge on any atom is -0.364 e. The van der Waals surface area contributed by atoms with E-state index in [2.05, 4.69) is 15.4 Å². The summed E-state index contributed by atoms with van der Waals surface area (Å²) in [5.74, 6) is 0.593. The Morgan fingerprint density at radius 1 is 1.25 bits per heavy atom. The zero-order valence-electron chi connectivity index (χ0n) is 11.4. The number of aromatic nitrogens is 3. The van der Waals surface area contributed by atoms with Gasteiger partial charge in [-0.25, -0.2) is 13.9 Å². The van der Waals surface area contributed by atoms with Gasteiger partial charge in [-0.3, -0.25) is 0 Å². The Labute approximate surface area is 116 Å². The highest BCUT2D eigenvalue weighted by Crippen LogP contribution is 2.16. The van der Waals surface area contributed by atoms with Crippen LogP contribution in [0.15, 0.2) is 36.7 Å². The van der Waals surface area contributed by atoms with E-state index < -0.39 is 0 Å². The zero-order valence-corrected chi connectivity index (χ0v) is 11.4. The SMILES string of the molecule is Cc1cc2c(NCc3ccc(F)c(C)c3)nccn2n1. The number of benzene rings is 1. The summed E-state index contributed by atoms with van der Waals surface area (Å²) in [6, 6.07) is 7.08. The molecule has 3 rings (SSSR count). The van der Waals surface area contributed by atoms with E-state index in [1.165, 1.54) is 6.07 Å². The van der Waals surface area contributed by atoms with Crippen LogP contribution in [-0.2, 0) is 6.54 Å². The number of anilines is 1. The molecule has 2 heterocycles. The fourth-order valence-electron chi connectivity index (χ4n) is 2.18. The molecule has 0 saturated heterocycles. The monoisotopic (exact) mass is 270 g/mol. The van der Waals surface area contributed by atoms with Crippen LogP contribution in [0.25, 0.3) is 5.52 Å². The number of hydrogen-bond donors (Lipinski definition) is 1. The van der Waals surface area contributed by atoms with Crippen molar-refractivity contribution in [2.75, 3.05) is 5.32 Å². The molecule has 0 amide bonds. The van der Waals surface area contributed by atoms with Crippen molar-refractivity contribution in [2.45, 2.75) is 20.4 Å². The summed E-state index contributed by atoms with van der Waals surface area (Å²) in [5.41, 5.74) is 3.54. The molecule has 1 aromatic carbocycles. The lowest BCUT2D eigenvalue weighted by Crippen LogP contribution is -2.04. The molecule has 102 valence electrons. The van der Waals surface area contributed by atoms with Crippen LogP contribution in [0, 0.1) is 19.7 Å². The number of rotatable bonds is 3. The third-order valence-electron chi connectivity index (χ3n) is 3.19. The van der Waals surface area contributed by atoms with Gasteiger partial charge in [-0.05, 0) is 37.1 Å². The maximum Gasteiger partial charge on any atom is 0.152 e. The molecule has 5 heteroatoms. The fraction of sp³-hybridized carbons (Fsp3) is 0.200. The van der Waals surface area contributed by atoms with E-state index in [9.17, 15) is 4.39 Å². The van der Waals surface area contributed by atoms with Gasteiger partial charge in [-0.15, -0.1) is 0 Å². The number of nitrogens with one attached hydrogen (secondary N) is 1. The second kappa shape index (κ2) is 4.92. The van der Waals surface area contributed by atoms with Gasteiger partial charge in [0.1, 0.15) is 11.3 Å². The second-order valence-electron chi connectivity index (χ2n) is 4.83. The van der Waals surface area contributed by atoms with Gasteiger partial charge in [-0.1, -0.05) is 12.1 Å². The van der Waals surface area contributed by atoms with Crippen molar-refractivity contribution < 1.29 is 4.39 Å². The lowest BCUT2D eigenvalue weighted by Gasteiger charge is -2.08. The average Bonchev–Trinajstić information content (AvgIpc) is 2.81. The maximum atomic E-state index is 13.2. The molecule has 2 aromatic heterocycles. The Bertz CT molecular complexity index is 764. The highest BCUT2D eigenvalue weighted by atomic mass is 19.1. The molecule has 0 aliphatic carbocycles. The van der Waals surface area contributed by atoms with Crippen molar-refractivity contribution in [1.82, 2.24) is 14.6 Å². The van der Waals surface area contributed by atoms with Gasteiger partial charge >= 0.3 is 0 Å². The largest absolute Gasteiger partial charge is 0.364 e. The van der Waals surface area contributed by atoms with E-state index in [4.69, 9.17) is 0 Å². The van der Waals surface area contributed by atoms with Crippen LogP contribution < -0.4 is 5.32 Å². The van der Waals surface area contributed by atoms with Crippen LogP contribution in [0.5, 0.6) is 0 Å². The van der Waals surface area contributed by atoms with Crippen LogP contribution >= 0.6 is 0 Å². The average molecular weight is 270 g/mol. The molecule has 0 fully saturated rings. The van der Waals surface area contributed by atoms with E-state index in [0.29, 0.717) is 12.1 Å². The lowest BCUT2D eigenvalue weighted by molar-refractivity contribution is 0.617. The molecule has 1 N–H and O–H groups in total. The smallest absolute Gasteiger partial charge is 0.152 e. The first kappa shape index (κ1) is 12.6. The number of nitrogens with zero attached hydrogens (tertiary/aromatic N) is 3. The van der Waals surface area contributed by atoms with Crippen molar-refractivity contribution in [3.8, 4) is 0 Å². The van der Waals surface area contributed by atoms with Gasteiger partial charge < -0.3 is 5.32 Å². The standard InChI is InChI=1S/C15H15FN4/c1-10-7-12(3-4-13(10)16)9-18-15-14-8-11(2)19-20(14)6-5-17-15/h3-8H,9H2,1-2H3,(H,17,18). The van der Waals surface area contributed by atoms with Gasteiger partial charge in [0.15, 0.2) is 5.82 Å². The van der Waals surface area contributed by atoms with E-state index in [1.807, 2.05) is 25.3 Å². The summed E-state index contributed by atoms with van der Waals surface area (Å²) in [7, 11) is 0. The fourth-order valence-corrected chi connectivity index (χ4v) is 2.18. The van der Waals surface area contributed by atoms with Crippen LogP contribution in [0.4, 0.5) is 10.2 Å². The third kappa shape index (κ3) is 2.34. The lowest BCUT2D eigenvalue weighted by atomic mass is 10.1. The Morgan fingerprint density at radius 3 is 2.90 bits per heavy atom. The summed E-state index contributed by atoms with van der Waals surface area (Å²) in [6.45, 7) is 4.30. The van der Waals surface area contributed by atoms with E-state index in [0.717, 1.165) is 22.6 Å². The molecule has 0 saturated carbocycles. The molecule has 0 bridgehead atoms. The number of halogens is 1. The highest BCUT2D eigenvalue weighted by molar-refractivity contribution is 5.67. The molecule has 0 unspecified atom stereocenters. The molecule has 0 radical (unpaired) electrons. The first-order chi connectivity index (χ1) is 9.63. The van der Waals surface area contributed by atoms with Crippen LogP contribution in [0.2, 0.25) is 0 Å². The van der Waals surface area contributed by atoms with E-state index in [1.54, 1.807) is 23.7 Å². The summed E-state index contributed by atoms with van der Waals surface area (Å²) in [6.07, 6.45) is 3.52. The quantitative estimate of drug-likeness (QED) is 0.795. The van der Waals surface area contributed by atoms with Crippen molar-refractivity contribution in [3.05, 3.63) is 59.3 Å². The Balaban J connectivity index is 1.84. The highest BCUT2D eigenvalue weighted by Gasteiger charge is 2.05. The van der Waals surface area contributed by atoms with Gasteiger partial charge in [0.2, 0.25) is 0 Å². The second-order valence-corrected chi connectivity index (χ2v) is 4.83. The topological polar surface area (TPSA) is 42.2 Å². The molecule has 0 aliphatic rings. The Hall–Kier alpha value is -2.43. The molecule has 0 spiro atoms. The predicted octanol–water partition coefficient (Wildman–Crippen LogP) is 3.10. The maximum absolute atomic E-state index is 13.2. The van der Waals surface area contributed by atoms with Gasteiger partial charge in [-0.2, -0.15) is 5.10 Å². The molecule has 0 atom stereocenters. The summed E-state index contributed by atoms with van der Waals surface area (Å²) >= 11 is 0. The molecule has 4 nitrogen and oxygen atoms in total. The summed E-state index contributed by atoms with van der Waals surface area (Å²) in [5, 5.41) is 7.61. The van der Waals surface area contributed by atoms with Crippen molar-refractivity contribution in [1.29, 1.82) is 0 Å². The predicted molar refractivity (Wildman–Crippen MR) is 76.2 cm³/mol. The first-order valence-electron chi connectivity index (χ1n) is 6.43. The number of aryl methyl sites for hydroxylation is 2. The minimum atomic E-state index is -0.180. The van der Waals surface area contributed by atoms with Crippen LogP contribution in [-0.4, -0.2) is 14.6 Å². The van der Waals surface area contributed by atoms with Crippen LogP contribution in [0.1, 0.15) is 16.8 Å². The molecular formula is C15H15FN4. The van der Waals surface area contributed by atoms with Crippen molar-refractivity contribution in [3.63, 3.8) is 0 Å². The third-order valence-corrected chi connectivity index (χ3v) is 3.19. The Kier molecular flexibility index (Phi) is 3.10. The van der Waals surface area contributed by atoms with Crippen molar-refractivity contribution in [2.24, 2.45) is 0 Å².